The summed E-state index contributed by atoms with van der Waals surface area (Å²) < 4.78 is 13.4. The number of carbonyl (C=O) groups is 1. The number of carbonyl (C=O) groups excluding carboxylic acids is 1. The van der Waals surface area contributed by atoms with Crippen LogP contribution >= 0.6 is 11.6 Å². The third-order valence-electron chi connectivity index (χ3n) is 5.96. The summed E-state index contributed by atoms with van der Waals surface area (Å²) in [6.07, 6.45) is 0. The van der Waals surface area contributed by atoms with Gasteiger partial charge in [-0.2, -0.15) is 0 Å². The van der Waals surface area contributed by atoms with E-state index in [1.165, 1.54) is 16.8 Å². The van der Waals surface area contributed by atoms with Gasteiger partial charge in [0.15, 0.2) is 11.5 Å². The molecule has 5 nitrogen and oxygen atoms in total. The Kier molecular flexibility index (Phi) is 5.27. The summed E-state index contributed by atoms with van der Waals surface area (Å²) in [5, 5.41) is 4.77. The van der Waals surface area contributed by atoms with Crippen molar-refractivity contribution in [2.75, 3.05) is 18.5 Å². The standard InChI is InChI=1S/C26H23ClN2O3/c1-16-17(2)29(15-18-3-6-20(27)7-4-18)23-9-5-19(13-22(16)23)26(30)28-21-8-10-24-25(14-21)32-12-11-31-24/h3-10,13-14H,11-12,15H2,1-2H3,(H,28,30). The van der Waals surface area contributed by atoms with E-state index in [9.17, 15) is 4.79 Å². The molecule has 0 saturated carbocycles. The van der Waals surface area contributed by atoms with E-state index in [1.807, 2.05) is 54.6 Å². The van der Waals surface area contributed by atoms with E-state index in [1.54, 1.807) is 6.07 Å². The van der Waals surface area contributed by atoms with Gasteiger partial charge in [0, 0.05) is 45.5 Å². The van der Waals surface area contributed by atoms with Crippen molar-refractivity contribution in [1.82, 2.24) is 4.57 Å². The summed E-state index contributed by atoms with van der Waals surface area (Å²) in [6, 6.07) is 19.2. The maximum absolute atomic E-state index is 12.9. The molecule has 1 amide bonds. The molecule has 1 aliphatic heterocycles. The van der Waals surface area contributed by atoms with Gasteiger partial charge in [-0.3, -0.25) is 4.79 Å². The predicted molar refractivity (Wildman–Crippen MR) is 127 cm³/mol. The van der Waals surface area contributed by atoms with Crippen LogP contribution in [0.15, 0.2) is 60.7 Å². The molecule has 0 atom stereocenters. The number of anilines is 1. The summed E-state index contributed by atoms with van der Waals surface area (Å²) in [6.45, 7) is 6.00. The fourth-order valence-corrected chi connectivity index (χ4v) is 4.22. The molecule has 0 unspecified atom stereocenters. The third kappa shape index (κ3) is 3.80. The first-order valence-electron chi connectivity index (χ1n) is 10.5. The van der Waals surface area contributed by atoms with Gasteiger partial charge in [0.25, 0.3) is 5.91 Å². The molecule has 0 aliphatic carbocycles. The summed E-state index contributed by atoms with van der Waals surface area (Å²) >= 11 is 6.03. The van der Waals surface area contributed by atoms with E-state index < -0.39 is 0 Å². The van der Waals surface area contributed by atoms with Crippen LogP contribution in [0.5, 0.6) is 11.5 Å². The van der Waals surface area contributed by atoms with Gasteiger partial charge in [-0.05, 0) is 67.4 Å². The highest BCUT2D eigenvalue weighted by Crippen LogP contribution is 2.33. The zero-order valence-corrected chi connectivity index (χ0v) is 18.7. The second kappa shape index (κ2) is 8.24. The van der Waals surface area contributed by atoms with Crippen molar-refractivity contribution >= 4 is 34.1 Å². The molecule has 1 N–H and O–H groups in total. The Hall–Kier alpha value is -3.44. The number of amides is 1. The van der Waals surface area contributed by atoms with Crippen LogP contribution < -0.4 is 14.8 Å². The molecule has 6 heteroatoms. The number of fused-ring (bicyclic) bond motifs is 2. The normalized spacial score (nSPS) is 12.7. The zero-order chi connectivity index (χ0) is 22.2. The lowest BCUT2D eigenvalue weighted by molar-refractivity contribution is 0.102. The molecule has 1 aromatic heterocycles. The Labute approximate surface area is 191 Å². The molecule has 2 heterocycles. The molecule has 0 radical (unpaired) electrons. The van der Waals surface area contributed by atoms with Crippen molar-refractivity contribution in [3.63, 3.8) is 0 Å². The van der Waals surface area contributed by atoms with Crippen molar-refractivity contribution in [2.24, 2.45) is 0 Å². The number of hydrogen-bond donors (Lipinski definition) is 1. The van der Waals surface area contributed by atoms with Crippen LogP contribution in [-0.2, 0) is 6.54 Å². The third-order valence-corrected chi connectivity index (χ3v) is 6.21. The molecular formula is C26H23ClN2O3. The largest absolute Gasteiger partial charge is 0.486 e. The number of nitrogens with zero attached hydrogens (tertiary/aromatic N) is 1. The number of rotatable bonds is 4. The number of hydrogen-bond acceptors (Lipinski definition) is 3. The van der Waals surface area contributed by atoms with Crippen LogP contribution in [-0.4, -0.2) is 23.7 Å². The lowest BCUT2D eigenvalue weighted by atomic mass is 10.1. The molecule has 0 fully saturated rings. The first-order chi connectivity index (χ1) is 15.5. The van der Waals surface area contributed by atoms with E-state index in [2.05, 4.69) is 23.7 Å². The Morgan fingerprint density at radius 2 is 1.72 bits per heavy atom. The number of ether oxygens (including phenoxy) is 2. The first-order valence-corrected chi connectivity index (χ1v) is 10.9. The lowest BCUT2D eigenvalue weighted by Gasteiger charge is -2.19. The minimum atomic E-state index is -0.161. The number of aryl methyl sites for hydroxylation is 1. The lowest BCUT2D eigenvalue weighted by Crippen LogP contribution is -2.16. The Morgan fingerprint density at radius 1 is 0.969 bits per heavy atom. The van der Waals surface area contributed by atoms with Crippen molar-refractivity contribution in [3.8, 4) is 11.5 Å². The van der Waals surface area contributed by atoms with Gasteiger partial charge in [-0.1, -0.05) is 23.7 Å². The predicted octanol–water partition coefficient (Wildman–Crippen LogP) is 5.98. The zero-order valence-electron chi connectivity index (χ0n) is 17.9. The van der Waals surface area contributed by atoms with Crippen LogP contribution in [0.4, 0.5) is 5.69 Å². The van der Waals surface area contributed by atoms with E-state index in [-0.39, 0.29) is 5.91 Å². The molecular weight excluding hydrogens is 424 g/mol. The summed E-state index contributed by atoms with van der Waals surface area (Å²) in [5.74, 6) is 1.19. The van der Waals surface area contributed by atoms with Crippen LogP contribution in [0.25, 0.3) is 10.9 Å². The molecule has 5 rings (SSSR count). The van der Waals surface area contributed by atoms with Crippen molar-refractivity contribution in [3.05, 3.63) is 88.1 Å². The minimum absolute atomic E-state index is 0.161. The maximum atomic E-state index is 12.9. The molecule has 0 spiro atoms. The van der Waals surface area contributed by atoms with E-state index in [0.717, 1.165) is 22.5 Å². The minimum Gasteiger partial charge on any atom is -0.486 e. The highest BCUT2D eigenvalue weighted by molar-refractivity contribution is 6.30. The van der Waals surface area contributed by atoms with Gasteiger partial charge >= 0.3 is 0 Å². The van der Waals surface area contributed by atoms with E-state index >= 15 is 0 Å². The van der Waals surface area contributed by atoms with E-state index in [0.29, 0.717) is 36.0 Å². The van der Waals surface area contributed by atoms with Crippen LogP contribution in [0.2, 0.25) is 5.02 Å². The fraction of sp³-hybridized carbons (Fsp3) is 0.192. The van der Waals surface area contributed by atoms with E-state index in [4.69, 9.17) is 21.1 Å². The molecule has 1 aliphatic rings. The van der Waals surface area contributed by atoms with Crippen molar-refractivity contribution < 1.29 is 14.3 Å². The Morgan fingerprint density at radius 3 is 2.50 bits per heavy atom. The SMILES string of the molecule is Cc1c(C)n(Cc2ccc(Cl)cc2)c2ccc(C(=O)Nc3ccc4c(c3)OCCO4)cc12. The second-order valence-electron chi connectivity index (χ2n) is 7.97. The topological polar surface area (TPSA) is 52.5 Å². The fourth-order valence-electron chi connectivity index (χ4n) is 4.09. The van der Waals surface area contributed by atoms with Crippen LogP contribution in [0, 0.1) is 13.8 Å². The number of nitrogens with one attached hydrogen (secondary N) is 1. The monoisotopic (exact) mass is 446 g/mol. The maximum Gasteiger partial charge on any atom is 0.255 e. The molecule has 0 bridgehead atoms. The van der Waals surface area contributed by atoms with Gasteiger partial charge in [0.05, 0.1) is 0 Å². The second-order valence-corrected chi connectivity index (χ2v) is 8.40. The number of halogens is 1. The summed E-state index contributed by atoms with van der Waals surface area (Å²) in [7, 11) is 0. The number of aromatic nitrogens is 1. The van der Waals surface area contributed by atoms with Gasteiger partial charge in [0.2, 0.25) is 0 Å². The molecule has 0 saturated heterocycles. The Bertz CT molecular complexity index is 1330. The molecule has 32 heavy (non-hydrogen) atoms. The molecule has 4 aromatic rings. The van der Waals surface area contributed by atoms with Crippen LogP contribution in [0.3, 0.4) is 0 Å². The summed E-state index contributed by atoms with van der Waals surface area (Å²) in [4.78, 5) is 12.9. The number of benzene rings is 3. The first kappa shape index (κ1) is 20.5. The van der Waals surface area contributed by atoms with Crippen LogP contribution in [0.1, 0.15) is 27.2 Å². The molecule has 3 aromatic carbocycles. The smallest absolute Gasteiger partial charge is 0.255 e. The Balaban J connectivity index is 1.42. The average Bonchev–Trinajstić information content (AvgIpc) is 3.04. The molecule has 162 valence electrons. The quantitative estimate of drug-likeness (QED) is 0.419. The van der Waals surface area contributed by atoms with Crippen molar-refractivity contribution in [2.45, 2.75) is 20.4 Å². The highest BCUT2D eigenvalue weighted by Gasteiger charge is 2.16. The van der Waals surface area contributed by atoms with Gasteiger partial charge in [-0.15, -0.1) is 0 Å². The highest BCUT2D eigenvalue weighted by atomic mass is 35.5. The van der Waals surface area contributed by atoms with Gasteiger partial charge in [0.1, 0.15) is 13.2 Å². The van der Waals surface area contributed by atoms with Gasteiger partial charge < -0.3 is 19.4 Å². The van der Waals surface area contributed by atoms with Crippen molar-refractivity contribution in [1.29, 1.82) is 0 Å². The van der Waals surface area contributed by atoms with Gasteiger partial charge in [-0.25, -0.2) is 0 Å². The average molecular weight is 447 g/mol. The summed E-state index contributed by atoms with van der Waals surface area (Å²) in [5.41, 5.74) is 5.91.